The first kappa shape index (κ1) is 12.3. The van der Waals surface area contributed by atoms with Crippen LogP contribution in [0, 0.1) is 0 Å². The molecule has 0 fully saturated rings. The molecule has 0 aromatic heterocycles. The van der Waals surface area contributed by atoms with Gasteiger partial charge in [-0.25, -0.2) is 0 Å². The topological polar surface area (TPSA) is 41.8 Å². The molecule has 2 aromatic carbocycles. The van der Waals surface area contributed by atoms with E-state index < -0.39 is 0 Å². The molecule has 0 saturated heterocycles. The third-order valence-electron chi connectivity index (χ3n) is 2.76. The summed E-state index contributed by atoms with van der Waals surface area (Å²) in [4.78, 5) is 0. The van der Waals surface area contributed by atoms with Crippen molar-refractivity contribution in [2.45, 2.75) is 6.10 Å². The van der Waals surface area contributed by atoms with Crippen molar-refractivity contribution in [3.63, 3.8) is 0 Å². The first-order chi connectivity index (χ1) is 8.86. The summed E-state index contributed by atoms with van der Waals surface area (Å²) in [5.41, 5.74) is 2.30. The Morgan fingerprint density at radius 2 is 1.56 bits per heavy atom. The second-order valence-electron chi connectivity index (χ2n) is 3.88. The average Bonchev–Trinajstić information content (AvgIpc) is 2.46. The number of hydrogen-bond acceptors (Lipinski definition) is 3. The minimum atomic E-state index is -0.376. The highest BCUT2D eigenvalue weighted by Gasteiger charge is 2.19. The highest BCUT2D eigenvalue weighted by molar-refractivity contribution is 6.03. The molecule has 18 heavy (non-hydrogen) atoms. The van der Waals surface area contributed by atoms with Crippen LogP contribution in [-0.2, 0) is 4.74 Å². The van der Waals surface area contributed by atoms with Gasteiger partial charge in [0.2, 0.25) is 0 Å². The fourth-order valence-corrected chi connectivity index (χ4v) is 1.90. The van der Waals surface area contributed by atoms with Crippen LogP contribution in [0.5, 0.6) is 0 Å². The van der Waals surface area contributed by atoms with Gasteiger partial charge in [-0.15, -0.1) is 0 Å². The van der Waals surface area contributed by atoms with E-state index in [2.05, 4.69) is 5.16 Å². The SMILES string of the molecule is COC(/C(=N/O)c1ccccc1)c1ccccc1. The van der Waals surface area contributed by atoms with Crippen LogP contribution in [0.1, 0.15) is 17.2 Å². The Morgan fingerprint density at radius 1 is 1.00 bits per heavy atom. The van der Waals surface area contributed by atoms with Crippen LogP contribution in [0.4, 0.5) is 0 Å². The summed E-state index contributed by atoms with van der Waals surface area (Å²) in [6.07, 6.45) is -0.376. The maximum absolute atomic E-state index is 9.25. The Labute approximate surface area is 106 Å². The zero-order chi connectivity index (χ0) is 12.8. The summed E-state index contributed by atoms with van der Waals surface area (Å²) in [7, 11) is 1.60. The molecule has 0 spiro atoms. The van der Waals surface area contributed by atoms with Gasteiger partial charge in [-0.2, -0.15) is 0 Å². The van der Waals surface area contributed by atoms with Crippen molar-refractivity contribution in [3.05, 3.63) is 71.8 Å². The predicted molar refractivity (Wildman–Crippen MR) is 71.0 cm³/mol. The second-order valence-corrected chi connectivity index (χ2v) is 3.88. The van der Waals surface area contributed by atoms with Gasteiger partial charge in [0.15, 0.2) is 0 Å². The number of methoxy groups -OCH3 is 1. The standard InChI is InChI=1S/C15H15NO2/c1-18-15(13-10-6-3-7-11-13)14(16-17)12-8-4-2-5-9-12/h2-11,15,17H,1H3/b16-14+. The molecule has 0 saturated carbocycles. The fraction of sp³-hybridized carbons (Fsp3) is 0.133. The van der Waals surface area contributed by atoms with Gasteiger partial charge in [0.1, 0.15) is 11.8 Å². The number of ether oxygens (including phenoxy) is 1. The molecule has 0 amide bonds. The molecule has 0 aliphatic carbocycles. The van der Waals surface area contributed by atoms with Crippen LogP contribution >= 0.6 is 0 Å². The molecule has 0 radical (unpaired) electrons. The van der Waals surface area contributed by atoms with Crippen molar-refractivity contribution in [1.29, 1.82) is 0 Å². The van der Waals surface area contributed by atoms with Gasteiger partial charge in [-0.1, -0.05) is 65.8 Å². The number of nitrogens with zero attached hydrogens (tertiary/aromatic N) is 1. The van der Waals surface area contributed by atoms with Gasteiger partial charge in [-0.3, -0.25) is 0 Å². The molecule has 0 bridgehead atoms. The third kappa shape index (κ3) is 2.57. The van der Waals surface area contributed by atoms with Gasteiger partial charge in [0.05, 0.1) is 0 Å². The largest absolute Gasteiger partial charge is 0.411 e. The molecule has 1 N–H and O–H groups in total. The van der Waals surface area contributed by atoms with E-state index in [-0.39, 0.29) is 6.10 Å². The summed E-state index contributed by atoms with van der Waals surface area (Å²) < 4.78 is 5.45. The lowest BCUT2D eigenvalue weighted by molar-refractivity contribution is 0.154. The lowest BCUT2D eigenvalue weighted by Gasteiger charge is -2.17. The molecule has 3 heteroatoms. The number of oxime groups is 1. The predicted octanol–water partition coefficient (Wildman–Crippen LogP) is 3.25. The fourth-order valence-electron chi connectivity index (χ4n) is 1.90. The summed E-state index contributed by atoms with van der Waals surface area (Å²) >= 11 is 0. The van der Waals surface area contributed by atoms with Crippen LogP contribution in [0.2, 0.25) is 0 Å². The van der Waals surface area contributed by atoms with Crippen LogP contribution < -0.4 is 0 Å². The van der Waals surface area contributed by atoms with Gasteiger partial charge >= 0.3 is 0 Å². The van der Waals surface area contributed by atoms with E-state index in [0.29, 0.717) is 5.71 Å². The Bertz CT molecular complexity index is 509. The molecular formula is C15H15NO2. The first-order valence-corrected chi connectivity index (χ1v) is 5.72. The van der Waals surface area contributed by atoms with Crippen LogP contribution in [0.15, 0.2) is 65.8 Å². The molecule has 92 valence electrons. The number of benzene rings is 2. The Balaban J connectivity index is 2.38. The van der Waals surface area contributed by atoms with Crippen LogP contribution in [0.3, 0.4) is 0 Å². The van der Waals surface area contributed by atoms with E-state index >= 15 is 0 Å². The molecule has 0 heterocycles. The molecule has 0 aliphatic heterocycles. The minimum Gasteiger partial charge on any atom is -0.411 e. The molecule has 0 aliphatic rings. The molecule has 3 nitrogen and oxygen atoms in total. The zero-order valence-electron chi connectivity index (χ0n) is 10.2. The van der Waals surface area contributed by atoms with E-state index in [1.165, 1.54) is 0 Å². The highest BCUT2D eigenvalue weighted by atomic mass is 16.5. The smallest absolute Gasteiger partial charge is 0.128 e. The Morgan fingerprint density at radius 3 is 2.06 bits per heavy atom. The molecule has 2 aromatic rings. The maximum Gasteiger partial charge on any atom is 0.128 e. The van der Waals surface area contributed by atoms with Crippen molar-refractivity contribution in [3.8, 4) is 0 Å². The zero-order valence-corrected chi connectivity index (χ0v) is 10.2. The first-order valence-electron chi connectivity index (χ1n) is 5.72. The lowest BCUT2D eigenvalue weighted by Crippen LogP contribution is -2.16. The van der Waals surface area contributed by atoms with Crippen LogP contribution in [0.25, 0.3) is 0 Å². The van der Waals surface area contributed by atoms with Gasteiger partial charge in [0, 0.05) is 12.7 Å². The van der Waals surface area contributed by atoms with Gasteiger partial charge < -0.3 is 9.94 Å². The monoisotopic (exact) mass is 241 g/mol. The highest BCUT2D eigenvalue weighted by Crippen LogP contribution is 2.22. The summed E-state index contributed by atoms with van der Waals surface area (Å²) in [5, 5.41) is 12.6. The van der Waals surface area contributed by atoms with Crippen LogP contribution in [-0.4, -0.2) is 18.0 Å². The molecule has 1 atom stereocenters. The van der Waals surface area contributed by atoms with Crippen molar-refractivity contribution in [2.24, 2.45) is 5.16 Å². The van der Waals surface area contributed by atoms with E-state index in [0.717, 1.165) is 11.1 Å². The molecule has 1 unspecified atom stereocenters. The summed E-state index contributed by atoms with van der Waals surface area (Å²) in [5.74, 6) is 0. The van der Waals surface area contributed by atoms with Gasteiger partial charge in [-0.05, 0) is 5.56 Å². The van der Waals surface area contributed by atoms with E-state index in [4.69, 9.17) is 4.74 Å². The third-order valence-corrected chi connectivity index (χ3v) is 2.76. The van der Waals surface area contributed by atoms with Gasteiger partial charge in [0.25, 0.3) is 0 Å². The summed E-state index contributed by atoms with van der Waals surface area (Å²) in [6.45, 7) is 0. The Kier molecular flexibility index (Phi) is 4.10. The molecule has 2 rings (SSSR count). The van der Waals surface area contributed by atoms with E-state index in [1.807, 2.05) is 60.7 Å². The summed E-state index contributed by atoms with van der Waals surface area (Å²) in [6, 6.07) is 19.2. The quantitative estimate of drug-likeness (QED) is 0.507. The number of rotatable bonds is 4. The van der Waals surface area contributed by atoms with Crippen molar-refractivity contribution < 1.29 is 9.94 Å². The number of hydrogen-bond donors (Lipinski definition) is 1. The second kappa shape index (κ2) is 5.98. The minimum absolute atomic E-state index is 0.376. The maximum atomic E-state index is 9.25. The van der Waals surface area contributed by atoms with Crippen molar-refractivity contribution >= 4 is 5.71 Å². The molecular weight excluding hydrogens is 226 g/mol. The van der Waals surface area contributed by atoms with Crippen molar-refractivity contribution in [1.82, 2.24) is 0 Å². The van der Waals surface area contributed by atoms with E-state index in [9.17, 15) is 5.21 Å². The Hall–Kier alpha value is -2.13. The van der Waals surface area contributed by atoms with E-state index in [1.54, 1.807) is 7.11 Å². The van der Waals surface area contributed by atoms with Crippen molar-refractivity contribution in [2.75, 3.05) is 7.11 Å². The average molecular weight is 241 g/mol. The lowest BCUT2D eigenvalue weighted by atomic mass is 9.99. The normalized spacial score (nSPS) is 13.3.